The van der Waals surface area contributed by atoms with Gasteiger partial charge in [-0.3, -0.25) is 19.5 Å². The molecule has 2 aromatic heterocycles. The van der Waals surface area contributed by atoms with Crippen molar-refractivity contribution in [2.45, 2.75) is 6.54 Å². The van der Waals surface area contributed by atoms with Gasteiger partial charge in [-0.15, -0.1) is 0 Å². The van der Waals surface area contributed by atoms with Crippen LogP contribution >= 0.6 is 0 Å². The molecular weight excluding hydrogens is 282 g/mol. The number of hydrogen-bond acceptors (Lipinski definition) is 4. The van der Waals surface area contributed by atoms with E-state index < -0.39 is 5.56 Å². The standard InChI is InChI=1S/C15H11N5O2/c21-12(10-5-2-1-3-6-10)17-15-18-13(22)11-9-16-20-8-4-7-19(15)14(11)20/h1-6,8-9H,7H2,(H,17,18,21,22). The Morgan fingerprint density at radius 3 is 2.86 bits per heavy atom. The van der Waals surface area contributed by atoms with Crippen molar-refractivity contribution < 1.29 is 4.79 Å². The van der Waals surface area contributed by atoms with Crippen molar-refractivity contribution >= 4 is 29.1 Å². The monoisotopic (exact) mass is 293 g/mol. The van der Waals surface area contributed by atoms with E-state index in [1.165, 1.54) is 6.20 Å². The maximum Gasteiger partial charge on any atom is 0.285 e. The lowest BCUT2D eigenvalue weighted by molar-refractivity contribution is 0.102. The molecule has 0 aliphatic carbocycles. The fraction of sp³-hybridized carbons (Fsp3) is 0.0667. The van der Waals surface area contributed by atoms with E-state index in [1.807, 2.05) is 12.1 Å². The number of benzene rings is 1. The zero-order chi connectivity index (χ0) is 15.1. The van der Waals surface area contributed by atoms with Crippen LogP contribution in [-0.2, 0) is 6.54 Å². The average Bonchev–Trinajstić information content (AvgIpc) is 2.98. The van der Waals surface area contributed by atoms with Gasteiger partial charge in [0, 0.05) is 18.3 Å². The minimum atomic E-state index is -0.406. The molecule has 4 rings (SSSR count). The number of allylic oxidation sites excluding steroid dienone is 1. The van der Waals surface area contributed by atoms with Gasteiger partial charge >= 0.3 is 0 Å². The summed E-state index contributed by atoms with van der Waals surface area (Å²) in [7, 11) is 0. The molecule has 0 atom stereocenters. The van der Waals surface area contributed by atoms with Crippen molar-refractivity contribution in [1.82, 2.24) is 19.3 Å². The third-order valence-electron chi connectivity index (χ3n) is 3.51. The van der Waals surface area contributed by atoms with Gasteiger partial charge in [0.25, 0.3) is 11.5 Å². The summed E-state index contributed by atoms with van der Waals surface area (Å²) < 4.78 is 3.35. The van der Waals surface area contributed by atoms with Gasteiger partial charge in [0.2, 0.25) is 5.95 Å². The first-order chi connectivity index (χ1) is 10.7. The molecule has 0 spiro atoms. The zero-order valence-corrected chi connectivity index (χ0v) is 11.4. The van der Waals surface area contributed by atoms with E-state index in [4.69, 9.17) is 0 Å². The highest BCUT2D eigenvalue weighted by Crippen LogP contribution is 2.18. The second-order valence-electron chi connectivity index (χ2n) is 4.88. The normalized spacial score (nSPS) is 12.5. The average molecular weight is 293 g/mol. The first-order valence-corrected chi connectivity index (χ1v) is 6.75. The predicted molar refractivity (Wildman–Crippen MR) is 81.5 cm³/mol. The number of carbonyl (C=O) groups excluding carboxylic acids is 1. The zero-order valence-electron chi connectivity index (χ0n) is 11.4. The summed E-state index contributed by atoms with van der Waals surface area (Å²) in [5, 5.41) is 7.25. The lowest BCUT2D eigenvalue weighted by Gasteiger charge is -2.16. The molecule has 22 heavy (non-hydrogen) atoms. The minimum Gasteiger partial charge on any atom is -0.292 e. The van der Waals surface area contributed by atoms with E-state index in [2.05, 4.69) is 15.4 Å². The lowest BCUT2D eigenvalue weighted by Crippen LogP contribution is -2.24. The van der Waals surface area contributed by atoms with E-state index in [9.17, 15) is 9.59 Å². The third-order valence-corrected chi connectivity index (χ3v) is 3.51. The molecule has 7 nitrogen and oxygen atoms in total. The minimum absolute atomic E-state index is 0.220. The van der Waals surface area contributed by atoms with Crippen LogP contribution in [0.3, 0.4) is 0 Å². The molecular formula is C15H11N5O2. The maximum absolute atomic E-state index is 12.3. The van der Waals surface area contributed by atoms with Crippen LogP contribution in [0, 0.1) is 0 Å². The second-order valence-corrected chi connectivity index (χ2v) is 4.88. The fourth-order valence-corrected chi connectivity index (χ4v) is 2.49. The van der Waals surface area contributed by atoms with E-state index in [-0.39, 0.29) is 11.9 Å². The first kappa shape index (κ1) is 12.5. The molecule has 0 saturated heterocycles. The van der Waals surface area contributed by atoms with E-state index in [0.717, 1.165) is 0 Å². The summed E-state index contributed by atoms with van der Waals surface area (Å²) in [5.74, 6) is -0.0892. The molecule has 1 aliphatic rings. The number of hydrogen-bond donors (Lipinski definition) is 1. The number of rotatable bonds is 2. The molecule has 3 heterocycles. The van der Waals surface area contributed by atoms with Crippen LogP contribution in [0.1, 0.15) is 10.4 Å². The molecule has 1 amide bonds. The number of amides is 1. The summed E-state index contributed by atoms with van der Waals surface area (Å²) in [5.41, 5.74) is 0.728. The fourth-order valence-electron chi connectivity index (χ4n) is 2.49. The van der Waals surface area contributed by atoms with Gasteiger partial charge in [0.15, 0.2) is 5.65 Å². The van der Waals surface area contributed by atoms with Gasteiger partial charge in [0.05, 0.1) is 6.20 Å². The number of nitrogens with one attached hydrogen (secondary N) is 1. The largest absolute Gasteiger partial charge is 0.292 e. The van der Waals surface area contributed by atoms with Crippen LogP contribution in [-0.4, -0.2) is 25.2 Å². The van der Waals surface area contributed by atoms with Crippen LogP contribution in [0.2, 0.25) is 0 Å². The molecule has 0 radical (unpaired) electrons. The summed E-state index contributed by atoms with van der Waals surface area (Å²) in [6.07, 6.45) is 5.15. The van der Waals surface area contributed by atoms with Crippen LogP contribution in [0.4, 0.5) is 5.95 Å². The topological polar surface area (TPSA) is 81.8 Å². The molecule has 108 valence electrons. The van der Waals surface area contributed by atoms with Crippen LogP contribution in [0.5, 0.6) is 0 Å². The first-order valence-electron chi connectivity index (χ1n) is 6.75. The van der Waals surface area contributed by atoms with E-state index >= 15 is 0 Å². The Kier molecular flexibility index (Phi) is 2.65. The Balaban J connectivity index is 1.82. The molecule has 1 aliphatic heterocycles. The molecule has 0 fully saturated rings. The number of aromatic nitrogens is 4. The molecule has 0 bridgehead atoms. The van der Waals surface area contributed by atoms with Gasteiger partial charge in [-0.05, 0) is 18.2 Å². The van der Waals surface area contributed by atoms with Crippen molar-refractivity contribution in [2.75, 3.05) is 5.32 Å². The number of anilines is 1. The van der Waals surface area contributed by atoms with Gasteiger partial charge in [-0.2, -0.15) is 10.1 Å². The maximum atomic E-state index is 12.3. The van der Waals surface area contributed by atoms with Gasteiger partial charge in [-0.1, -0.05) is 18.2 Å². The Labute approximate surface area is 124 Å². The number of nitrogens with zero attached hydrogens (tertiary/aromatic N) is 4. The van der Waals surface area contributed by atoms with Crippen LogP contribution in [0.25, 0.3) is 17.2 Å². The molecule has 1 aromatic carbocycles. The van der Waals surface area contributed by atoms with Crippen molar-refractivity contribution in [3.05, 3.63) is 58.5 Å². The third kappa shape index (κ3) is 1.83. The van der Waals surface area contributed by atoms with Gasteiger partial charge < -0.3 is 0 Å². The Morgan fingerprint density at radius 1 is 1.23 bits per heavy atom. The van der Waals surface area contributed by atoms with Crippen molar-refractivity contribution in [3.8, 4) is 0 Å². The van der Waals surface area contributed by atoms with Crippen LogP contribution < -0.4 is 10.9 Å². The number of carbonyl (C=O) groups is 1. The molecule has 7 heteroatoms. The lowest BCUT2D eigenvalue weighted by atomic mass is 10.2. The van der Waals surface area contributed by atoms with Crippen molar-refractivity contribution in [3.63, 3.8) is 0 Å². The van der Waals surface area contributed by atoms with Crippen molar-refractivity contribution in [2.24, 2.45) is 0 Å². The van der Waals surface area contributed by atoms with Gasteiger partial charge in [-0.25, -0.2) is 4.68 Å². The van der Waals surface area contributed by atoms with Crippen molar-refractivity contribution in [1.29, 1.82) is 0 Å². The summed E-state index contributed by atoms with van der Waals surface area (Å²) in [6, 6.07) is 8.79. The quantitative estimate of drug-likeness (QED) is 0.772. The van der Waals surface area contributed by atoms with Gasteiger partial charge in [0.1, 0.15) is 5.39 Å². The summed E-state index contributed by atoms with van der Waals surface area (Å²) in [6.45, 7) is 0.514. The summed E-state index contributed by atoms with van der Waals surface area (Å²) >= 11 is 0. The van der Waals surface area contributed by atoms with Crippen LogP contribution in [0.15, 0.2) is 47.4 Å². The molecule has 3 aromatic rings. The Hall–Kier alpha value is -3.22. The SMILES string of the molecule is O=C(Nc1nc(=O)c2cnn3c2n1CC=C3)c1ccccc1. The summed E-state index contributed by atoms with van der Waals surface area (Å²) in [4.78, 5) is 28.3. The highest BCUT2D eigenvalue weighted by Gasteiger charge is 2.18. The highest BCUT2D eigenvalue weighted by molar-refractivity contribution is 6.03. The molecule has 0 unspecified atom stereocenters. The Bertz CT molecular complexity index is 969. The molecule has 1 N–H and O–H groups in total. The second kappa shape index (κ2) is 4.66. The Morgan fingerprint density at radius 2 is 2.05 bits per heavy atom. The molecule has 0 saturated carbocycles. The van der Waals surface area contributed by atoms with E-state index in [0.29, 0.717) is 23.1 Å². The predicted octanol–water partition coefficient (Wildman–Crippen LogP) is 1.33. The highest BCUT2D eigenvalue weighted by atomic mass is 16.2. The van der Waals surface area contributed by atoms with E-state index in [1.54, 1.807) is 39.7 Å². The smallest absolute Gasteiger partial charge is 0.285 e.